The molecule has 2 fully saturated rings. The standard InChI is InChI=1S/C16H22N2O8S3/c1-3-26-14-5-4-12(18-16(19)7-9-28(18,22)23)10-15(14)29(24,25)17(2)13-6-8-27(20,21)11-13/h4-5,10,13H,3,6-9,11H2,1-2H3. The van der Waals surface area contributed by atoms with Gasteiger partial charge in [0.1, 0.15) is 10.6 Å². The van der Waals surface area contributed by atoms with E-state index in [4.69, 9.17) is 4.74 Å². The Morgan fingerprint density at radius 3 is 2.41 bits per heavy atom. The molecule has 3 rings (SSSR count). The van der Waals surface area contributed by atoms with E-state index in [0.717, 1.165) is 10.4 Å². The van der Waals surface area contributed by atoms with Gasteiger partial charge in [-0.1, -0.05) is 0 Å². The third-order valence-corrected chi connectivity index (χ3v) is 10.3. The number of carbonyl (C=O) groups is 1. The van der Waals surface area contributed by atoms with E-state index in [0.29, 0.717) is 4.31 Å². The van der Waals surface area contributed by atoms with Gasteiger partial charge in [-0.15, -0.1) is 0 Å². The minimum atomic E-state index is -4.22. The third-order valence-electron chi connectivity index (χ3n) is 4.92. The van der Waals surface area contributed by atoms with Crippen LogP contribution in [0.5, 0.6) is 5.75 Å². The van der Waals surface area contributed by atoms with Gasteiger partial charge in [0.25, 0.3) is 0 Å². The molecule has 0 N–H and O–H groups in total. The maximum atomic E-state index is 13.2. The highest BCUT2D eigenvalue weighted by atomic mass is 32.2. The van der Waals surface area contributed by atoms with Gasteiger partial charge in [-0.3, -0.25) is 4.79 Å². The topological polar surface area (TPSA) is 135 Å². The van der Waals surface area contributed by atoms with Gasteiger partial charge in [-0.25, -0.2) is 29.6 Å². The number of ether oxygens (including phenoxy) is 1. The third kappa shape index (κ3) is 4.13. The summed E-state index contributed by atoms with van der Waals surface area (Å²) in [5.41, 5.74) is -0.0954. The molecule has 1 aromatic carbocycles. The first-order valence-corrected chi connectivity index (χ1v) is 13.8. The molecule has 29 heavy (non-hydrogen) atoms. The van der Waals surface area contributed by atoms with Gasteiger partial charge in [0.2, 0.25) is 26.0 Å². The number of anilines is 1. The summed E-state index contributed by atoms with van der Waals surface area (Å²) in [7, 11) is -10.1. The van der Waals surface area contributed by atoms with Gasteiger partial charge in [0.05, 0.1) is 29.6 Å². The van der Waals surface area contributed by atoms with Crippen molar-refractivity contribution in [3.63, 3.8) is 0 Å². The fourth-order valence-electron chi connectivity index (χ4n) is 3.38. The first-order valence-electron chi connectivity index (χ1n) is 8.90. The summed E-state index contributed by atoms with van der Waals surface area (Å²) in [5, 5.41) is 0. The second kappa shape index (κ2) is 7.52. The number of amides is 1. The minimum Gasteiger partial charge on any atom is -0.492 e. The number of benzene rings is 1. The van der Waals surface area contributed by atoms with E-state index < -0.39 is 41.8 Å². The van der Waals surface area contributed by atoms with Gasteiger partial charge < -0.3 is 4.74 Å². The van der Waals surface area contributed by atoms with Crippen LogP contribution in [-0.2, 0) is 34.7 Å². The zero-order chi connectivity index (χ0) is 21.6. The summed E-state index contributed by atoms with van der Waals surface area (Å²) >= 11 is 0. The Hall–Kier alpha value is -1.70. The van der Waals surface area contributed by atoms with Crippen molar-refractivity contribution in [2.45, 2.75) is 30.7 Å². The predicted molar refractivity (Wildman–Crippen MR) is 106 cm³/mol. The van der Waals surface area contributed by atoms with Crippen molar-refractivity contribution in [2.75, 3.05) is 35.2 Å². The van der Waals surface area contributed by atoms with Gasteiger partial charge in [0, 0.05) is 19.5 Å². The lowest BCUT2D eigenvalue weighted by atomic mass is 10.3. The molecule has 1 amide bonds. The Labute approximate surface area is 170 Å². The van der Waals surface area contributed by atoms with E-state index >= 15 is 0 Å². The van der Waals surface area contributed by atoms with E-state index in [1.807, 2.05) is 0 Å². The molecule has 162 valence electrons. The molecule has 2 saturated heterocycles. The second-order valence-electron chi connectivity index (χ2n) is 6.87. The Morgan fingerprint density at radius 1 is 1.21 bits per heavy atom. The summed E-state index contributed by atoms with van der Waals surface area (Å²) in [6.45, 7) is 1.82. The van der Waals surface area contributed by atoms with Crippen LogP contribution in [0.25, 0.3) is 0 Å². The van der Waals surface area contributed by atoms with Crippen LogP contribution < -0.4 is 9.04 Å². The number of carbonyl (C=O) groups excluding carboxylic acids is 1. The quantitative estimate of drug-likeness (QED) is 0.570. The molecule has 10 nitrogen and oxygen atoms in total. The lowest BCUT2D eigenvalue weighted by Gasteiger charge is -2.25. The zero-order valence-corrected chi connectivity index (χ0v) is 18.4. The number of rotatable bonds is 6. The molecule has 2 heterocycles. The number of sulfone groups is 1. The molecule has 13 heteroatoms. The van der Waals surface area contributed by atoms with Crippen LogP contribution in [0.1, 0.15) is 19.8 Å². The van der Waals surface area contributed by atoms with Gasteiger partial charge in [-0.2, -0.15) is 4.31 Å². The minimum absolute atomic E-state index is 0.00648. The Kier molecular flexibility index (Phi) is 5.71. The number of hydrogen-bond acceptors (Lipinski definition) is 8. The van der Waals surface area contributed by atoms with Crippen molar-refractivity contribution < 1.29 is 34.8 Å². The summed E-state index contributed by atoms with van der Waals surface area (Å²) in [6, 6.07) is 2.96. The number of hydrogen-bond donors (Lipinski definition) is 0. The van der Waals surface area contributed by atoms with Crippen LogP contribution in [0.15, 0.2) is 23.1 Å². The number of sulfonamides is 2. The molecule has 2 aliphatic rings. The summed E-state index contributed by atoms with van der Waals surface area (Å²) in [5.74, 6) is -1.39. The van der Waals surface area contributed by atoms with Gasteiger partial charge >= 0.3 is 0 Å². The van der Waals surface area contributed by atoms with Gasteiger partial charge in [0.15, 0.2) is 9.84 Å². The van der Waals surface area contributed by atoms with E-state index in [2.05, 4.69) is 0 Å². The average Bonchev–Trinajstić information content (AvgIpc) is 3.13. The zero-order valence-electron chi connectivity index (χ0n) is 15.9. The summed E-state index contributed by atoms with van der Waals surface area (Å²) in [6.07, 6.45) is -0.0157. The fraction of sp³-hybridized carbons (Fsp3) is 0.562. The van der Waals surface area contributed by atoms with Crippen LogP contribution >= 0.6 is 0 Å². The molecule has 0 saturated carbocycles. The van der Waals surface area contributed by atoms with Crippen molar-refractivity contribution in [3.8, 4) is 5.75 Å². The maximum Gasteiger partial charge on any atom is 0.246 e. The van der Waals surface area contributed by atoms with Crippen LogP contribution in [0.2, 0.25) is 0 Å². The maximum absolute atomic E-state index is 13.2. The molecule has 0 spiro atoms. The Morgan fingerprint density at radius 2 is 1.90 bits per heavy atom. The van der Waals surface area contributed by atoms with E-state index in [-0.39, 0.29) is 53.0 Å². The molecule has 1 aromatic rings. The first kappa shape index (κ1) is 22.0. The SMILES string of the molecule is CCOc1ccc(N2C(=O)CCS2(=O)=O)cc1S(=O)(=O)N(C)C1CCS(=O)(=O)C1. The fourth-order valence-corrected chi connectivity index (χ4v) is 8.24. The van der Waals surface area contributed by atoms with Crippen LogP contribution in [0.4, 0.5) is 5.69 Å². The highest BCUT2D eigenvalue weighted by Gasteiger charge is 2.40. The molecule has 1 atom stereocenters. The molecule has 2 aliphatic heterocycles. The van der Waals surface area contributed by atoms with Crippen molar-refractivity contribution in [1.29, 1.82) is 0 Å². The number of nitrogens with zero attached hydrogens (tertiary/aromatic N) is 2. The molecule has 0 aromatic heterocycles. The van der Waals surface area contributed by atoms with Crippen LogP contribution in [-0.4, -0.2) is 72.4 Å². The lowest BCUT2D eigenvalue weighted by molar-refractivity contribution is -0.116. The van der Waals surface area contributed by atoms with Crippen LogP contribution in [0.3, 0.4) is 0 Å². The lowest BCUT2D eigenvalue weighted by Crippen LogP contribution is -2.38. The van der Waals surface area contributed by atoms with E-state index in [1.165, 1.54) is 19.2 Å². The van der Waals surface area contributed by atoms with Crippen molar-refractivity contribution in [3.05, 3.63) is 18.2 Å². The molecular weight excluding hydrogens is 444 g/mol. The van der Waals surface area contributed by atoms with Crippen LogP contribution in [0, 0.1) is 0 Å². The smallest absolute Gasteiger partial charge is 0.246 e. The molecule has 0 radical (unpaired) electrons. The largest absolute Gasteiger partial charge is 0.492 e. The molecule has 0 aliphatic carbocycles. The monoisotopic (exact) mass is 466 g/mol. The van der Waals surface area contributed by atoms with Crippen molar-refractivity contribution >= 4 is 41.5 Å². The molecule has 1 unspecified atom stereocenters. The molecule has 0 bridgehead atoms. The highest BCUT2D eigenvalue weighted by Crippen LogP contribution is 2.35. The van der Waals surface area contributed by atoms with Crippen molar-refractivity contribution in [2.24, 2.45) is 0 Å². The van der Waals surface area contributed by atoms with E-state index in [1.54, 1.807) is 6.92 Å². The highest BCUT2D eigenvalue weighted by molar-refractivity contribution is 7.94. The normalized spacial score (nSPS) is 23.6. The van der Waals surface area contributed by atoms with E-state index in [9.17, 15) is 30.0 Å². The van der Waals surface area contributed by atoms with Crippen molar-refractivity contribution in [1.82, 2.24) is 4.31 Å². The Balaban J connectivity index is 2.07. The predicted octanol–water partition coefficient (Wildman–Crippen LogP) is -0.0406. The summed E-state index contributed by atoms with van der Waals surface area (Å²) in [4.78, 5) is 11.7. The average molecular weight is 467 g/mol. The van der Waals surface area contributed by atoms with Gasteiger partial charge in [-0.05, 0) is 31.5 Å². The first-order chi connectivity index (χ1) is 13.4. The second-order valence-corrected chi connectivity index (χ2v) is 13.0. The summed E-state index contributed by atoms with van der Waals surface area (Å²) < 4.78 is 81.4. The Bertz CT molecular complexity index is 1140. The molecular formula is C16H22N2O8S3.